The average Bonchev–Trinajstić information content (AvgIpc) is 3.19. The van der Waals surface area contributed by atoms with E-state index in [4.69, 9.17) is 0 Å². The number of halogens is 1. The van der Waals surface area contributed by atoms with Crippen LogP contribution in [0.15, 0.2) is 175 Å². The summed E-state index contributed by atoms with van der Waals surface area (Å²) in [5.74, 6) is 0. The van der Waals surface area contributed by atoms with Crippen molar-refractivity contribution in [1.82, 2.24) is 19.9 Å². The Hall–Kier alpha value is -6.24. The fraction of sp³-hybridized carbons (Fsp3) is 0. The van der Waals surface area contributed by atoms with Crippen molar-refractivity contribution in [3.8, 4) is 0 Å². The molecule has 236 valence electrons. The van der Waals surface area contributed by atoms with Gasteiger partial charge in [-0.15, -0.1) is 0 Å². The molecule has 0 fully saturated rings. The molecule has 5 nitrogen and oxygen atoms in total. The van der Waals surface area contributed by atoms with Crippen LogP contribution in [-0.4, -0.2) is 19.9 Å². The summed E-state index contributed by atoms with van der Waals surface area (Å²) in [7, 11) is 0. The molecule has 0 amide bonds. The zero-order valence-corrected chi connectivity index (χ0v) is 28.4. The Bertz CT molecular complexity index is 2730. The van der Waals surface area contributed by atoms with Crippen molar-refractivity contribution in [2.24, 2.45) is 0 Å². The van der Waals surface area contributed by atoms with Gasteiger partial charge in [-0.2, -0.15) is 0 Å². The number of aromatic nitrogens is 4. The Morgan fingerprint density at radius 2 is 0.700 bits per heavy atom. The molecule has 2 heterocycles. The van der Waals surface area contributed by atoms with E-state index >= 15 is 0 Å². The lowest BCUT2D eigenvalue weighted by Gasteiger charge is -2.26. The molecular weight excluding hydrogens is 678 g/mol. The van der Waals surface area contributed by atoms with Gasteiger partial charge in [0, 0.05) is 67.9 Å². The predicted octanol–water partition coefficient (Wildman–Crippen LogP) is 12.1. The van der Waals surface area contributed by atoms with Gasteiger partial charge >= 0.3 is 0 Å². The van der Waals surface area contributed by atoms with Crippen molar-refractivity contribution in [3.63, 3.8) is 0 Å². The van der Waals surface area contributed by atoms with Crippen molar-refractivity contribution < 1.29 is 0 Å². The molecule has 2 aromatic heterocycles. The minimum Gasteiger partial charge on any atom is -0.310 e. The Morgan fingerprint density at radius 3 is 1.18 bits per heavy atom. The fourth-order valence-corrected chi connectivity index (χ4v) is 7.32. The summed E-state index contributed by atoms with van der Waals surface area (Å²) < 4.78 is 1.08. The second kappa shape index (κ2) is 12.7. The third kappa shape index (κ3) is 5.18. The first kappa shape index (κ1) is 29.9. The quantitative estimate of drug-likeness (QED) is 0.171. The van der Waals surface area contributed by atoms with Gasteiger partial charge in [0.1, 0.15) is 0 Å². The molecule has 0 unspecified atom stereocenters. The highest BCUT2D eigenvalue weighted by molar-refractivity contribution is 9.10. The van der Waals surface area contributed by atoms with Crippen molar-refractivity contribution in [2.45, 2.75) is 0 Å². The van der Waals surface area contributed by atoms with E-state index < -0.39 is 0 Å². The fourth-order valence-electron chi connectivity index (χ4n) is 6.96. The average molecular weight is 707 g/mol. The molecule has 50 heavy (non-hydrogen) atoms. The zero-order chi connectivity index (χ0) is 33.4. The molecule has 6 heteroatoms. The smallest absolute Gasteiger partial charge is 0.0971 e. The maximum absolute atomic E-state index is 4.67. The second-order valence-corrected chi connectivity index (χ2v) is 12.9. The molecule has 0 aliphatic rings. The van der Waals surface area contributed by atoms with Crippen molar-refractivity contribution in [2.75, 3.05) is 4.90 Å². The van der Waals surface area contributed by atoms with Crippen LogP contribution in [0.5, 0.6) is 0 Å². The highest BCUT2D eigenvalue weighted by Crippen LogP contribution is 2.40. The van der Waals surface area contributed by atoms with Crippen LogP contribution in [0, 0.1) is 0 Å². The van der Waals surface area contributed by atoms with E-state index in [-0.39, 0.29) is 0 Å². The summed E-state index contributed by atoms with van der Waals surface area (Å²) in [6.45, 7) is 0. The summed E-state index contributed by atoms with van der Waals surface area (Å²) in [5.41, 5.74) is 7.17. The first-order chi connectivity index (χ1) is 24.7. The Balaban J connectivity index is 0.000000151. The zero-order valence-electron chi connectivity index (χ0n) is 26.8. The first-order valence-corrected chi connectivity index (χ1v) is 17.2. The standard InChI is InChI=1S/C28H19N3.C16H9BrN2/c1-3-9-20(10-4-1)31(21-11-5-2-6-12-21)22-15-16-25-26(19-22)23-13-7-8-14-24(23)27-28(25)30-18-17-29-27;17-10-5-6-13-14(9-10)11-3-1-2-4-12(11)15-16(13)19-8-7-18-15/h1-19H;1-9H. The van der Waals surface area contributed by atoms with Crippen molar-refractivity contribution >= 4 is 98.1 Å². The largest absolute Gasteiger partial charge is 0.310 e. The molecule has 0 radical (unpaired) electrons. The monoisotopic (exact) mass is 705 g/mol. The first-order valence-electron chi connectivity index (χ1n) is 16.4. The number of para-hydroxylation sites is 2. The molecular formula is C44H28BrN5. The van der Waals surface area contributed by atoms with Gasteiger partial charge < -0.3 is 4.90 Å². The molecule has 8 aromatic carbocycles. The Kier molecular flexibility index (Phi) is 7.56. The topological polar surface area (TPSA) is 54.8 Å². The molecule has 0 atom stereocenters. The third-order valence-corrected chi connectivity index (χ3v) is 9.62. The number of hydrogen-bond acceptors (Lipinski definition) is 5. The van der Waals surface area contributed by atoms with E-state index in [0.29, 0.717) is 0 Å². The number of benzene rings is 8. The molecule has 0 aliphatic heterocycles. The molecule has 0 aliphatic carbocycles. The summed E-state index contributed by atoms with van der Waals surface area (Å²) in [6.07, 6.45) is 7.03. The van der Waals surface area contributed by atoms with E-state index in [1.54, 1.807) is 24.8 Å². The second-order valence-electron chi connectivity index (χ2n) is 12.0. The van der Waals surface area contributed by atoms with Crippen LogP contribution in [0.2, 0.25) is 0 Å². The lowest BCUT2D eigenvalue weighted by Crippen LogP contribution is -2.09. The van der Waals surface area contributed by atoms with Crippen LogP contribution >= 0.6 is 15.9 Å². The SMILES string of the molecule is Brc1ccc2c(c1)c1ccccc1c1nccnc21.c1ccc(N(c2ccccc2)c2ccc3c(c2)c2ccccc2c2nccnc32)cc1. The normalized spacial score (nSPS) is 11.3. The van der Waals surface area contributed by atoms with E-state index in [1.807, 2.05) is 24.3 Å². The van der Waals surface area contributed by atoms with Crippen molar-refractivity contribution in [3.05, 3.63) is 175 Å². The predicted molar refractivity (Wildman–Crippen MR) is 211 cm³/mol. The van der Waals surface area contributed by atoms with Gasteiger partial charge in [0.05, 0.1) is 22.1 Å². The third-order valence-electron chi connectivity index (χ3n) is 9.12. The van der Waals surface area contributed by atoms with Gasteiger partial charge in [0.15, 0.2) is 0 Å². The van der Waals surface area contributed by atoms with Crippen LogP contribution in [0.1, 0.15) is 0 Å². The lowest BCUT2D eigenvalue weighted by molar-refractivity contribution is 1.29. The highest BCUT2D eigenvalue weighted by atomic mass is 79.9. The van der Waals surface area contributed by atoms with Gasteiger partial charge in [-0.25, -0.2) is 0 Å². The van der Waals surface area contributed by atoms with Crippen LogP contribution in [0.25, 0.3) is 65.2 Å². The maximum Gasteiger partial charge on any atom is 0.0971 e. The Labute approximate surface area is 296 Å². The maximum atomic E-state index is 4.67. The molecule has 0 saturated heterocycles. The molecule has 0 spiro atoms. The molecule has 10 aromatic rings. The highest BCUT2D eigenvalue weighted by Gasteiger charge is 2.16. The number of hydrogen-bond donors (Lipinski definition) is 0. The van der Waals surface area contributed by atoms with Crippen LogP contribution in [-0.2, 0) is 0 Å². The van der Waals surface area contributed by atoms with E-state index in [2.05, 4.69) is 162 Å². The minimum atomic E-state index is 0.939. The molecule has 0 N–H and O–H groups in total. The van der Waals surface area contributed by atoms with E-state index in [0.717, 1.165) is 65.1 Å². The van der Waals surface area contributed by atoms with E-state index in [9.17, 15) is 0 Å². The van der Waals surface area contributed by atoms with Crippen molar-refractivity contribution in [1.29, 1.82) is 0 Å². The molecule has 10 rings (SSSR count). The number of nitrogens with zero attached hydrogens (tertiary/aromatic N) is 5. The van der Waals surface area contributed by atoms with Crippen LogP contribution in [0.3, 0.4) is 0 Å². The van der Waals surface area contributed by atoms with Gasteiger partial charge in [0.25, 0.3) is 0 Å². The summed E-state index contributed by atoms with van der Waals surface area (Å²) in [6, 6.07) is 50.7. The summed E-state index contributed by atoms with van der Waals surface area (Å²) in [4.78, 5) is 20.6. The van der Waals surface area contributed by atoms with Crippen LogP contribution < -0.4 is 4.90 Å². The van der Waals surface area contributed by atoms with Crippen LogP contribution in [0.4, 0.5) is 17.1 Å². The van der Waals surface area contributed by atoms with Gasteiger partial charge in [0.2, 0.25) is 0 Å². The van der Waals surface area contributed by atoms with Gasteiger partial charge in [-0.1, -0.05) is 113 Å². The number of fused-ring (bicyclic) bond motifs is 12. The summed E-state index contributed by atoms with van der Waals surface area (Å²) in [5, 5.41) is 9.32. The lowest BCUT2D eigenvalue weighted by atomic mass is 9.98. The van der Waals surface area contributed by atoms with Gasteiger partial charge in [-0.3, -0.25) is 19.9 Å². The Morgan fingerprint density at radius 1 is 0.320 bits per heavy atom. The summed E-state index contributed by atoms with van der Waals surface area (Å²) >= 11 is 3.55. The van der Waals surface area contributed by atoms with Gasteiger partial charge in [-0.05, 0) is 70.1 Å². The minimum absolute atomic E-state index is 0.939. The molecule has 0 bridgehead atoms. The number of anilines is 3. The van der Waals surface area contributed by atoms with E-state index in [1.165, 1.54) is 21.5 Å². The molecule has 0 saturated carbocycles. The number of rotatable bonds is 3.